The summed E-state index contributed by atoms with van der Waals surface area (Å²) in [6.07, 6.45) is 2.23. The summed E-state index contributed by atoms with van der Waals surface area (Å²) >= 11 is 0. The number of benzene rings is 2. The molecule has 1 atom stereocenters. The normalized spacial score (nSPS) is 13.4. The van der Waals surface area contributed by atoms with Crippen molar-refractivity contribution in [2.45, 2.75) is 52.1 Å². The van der Waals surface area contributed by atoms with Crippen LogP contribution in [0.25, 0.3) is 0 Å². The van der Waals surface area contributed by atoms with Crippen molar-refractivity contribution in [3.05, 3.63) is 65.2 Å². The fourth-order valence-electron chi connectivity index (χ4n) is 4.06. The number of hydrogen-bond donors (Lipinski definition) is 1. The Hall–Kier alpha value is -3.68. The average molecular weight is 480 g/mol. The molecule has 4 amide bonds. The molecule has 3 rings (SSSR count). The lowest BCUT2D eigenvalue weighted by Gasteiger charge is -2.29. The second-order valence-corrected chi connectivity index (χ2v) is 8.60. The minimum atomic E-state index is -0.676. The molecule has 186 valence electrons. The fraction of sp³-hybridized carbons (Fsp3) is 0.407. The molecule has 0 unspecified atom stereocenters. The summed E-state index contributed by atoms with van der Waals surface area (Å²) in [6, 6.07) is 13.4. The number of hydrogen-bond acceptors (Lipinski definition) is 5. The molecule has 1 N–H and O–H groups in total. The van der Waals surface area contributed by atoms with Gasteiger partial charge in [-0.15, -0.1) is 0 Å². The zero-order valence-corrected chi connectivity index (χ0v) is 20.6. The molecule has 2 aromatic carbocycles. The number of imide groups is 1. The second-order valence-electron chi connectivity index (χ2n) is 8.60. The Kier molecular flexibility index (Phi) is 9.00. The van der Waals surface area contributed by atoms with Gasteiger partial charge in [-0.05, 0) is 49.6 Å². The molecule has 0 aromatic heterocycles. The van der Waals surface area contributed by atoms with Crippen LogP contribution in [0.15, 0.2) is 48.5 Å². The largest absolute Gasteiger partial charge is 0.497 e. The van der Waals surface area contributed by atoms with Gasteiger partial charge in [-0.2, -0.15) is 0 Å². The Morgan fingerprint density at radius 3 is 2.34 bits per heavy atom. The van der Waals surface area contributed by atoms with Gasteiger partial charge in [0.05, 0.1) is 18.2 Å². The number of carbonyl (C=O) groups is 4. The van der Waals surface area contributed by atoms with Gasteiger partial charge >= 0.3 is 0 Å². The van der Waals surface area contributed by atoms with E-state index in [0.29, 0.717) is 29.8 Å². The van der Waals surface area contributed by atoms with E-state index in [2.05, 4.69) is 5.32 Å². The van der Waals surface area contributed by atoms with Crippen molar-refractivity contribution in [1.82, 2.24) is 15.1 Å². The minimum absolute atomic E-state index is 0.101. The first-order valence-corrected chi connectivity index (χ1v) is 12.0. The molecular weight excluding hydrogens is 446 g/mol. The van der Waals surface area contributed by atoms with E-state index in [1.165, 1.54) is 4.90 Å². The van der Waals surface area contributed by atoms with Gasteiger partial charge in [-0.25, -0.2) is 0 Å². The van der Waals surface area contributed by atoms with Crippen LogP contribution in [0.3, 0.4) is 0 Å². The SMILES string of the molecule is CCCCNC(=O)[C@H](C)N(Cc1cccc(OC)c1)C(=O)CCCN1C(=O)c2ccccc2C1=O. The van der Waals surface area contributed by atoms with Crippen molar-refractivity contribution >= 4 is 23.6 Å². The van der Waals surface area contributed by atoms with Gasteiger partial charge in [-0.1, -0.05) is 37.6 Å². The first-order valence-electron chi connectivity index (χ1n) is 12.0. The maximum atomic E-state index is 13.3. The molecule has 0 bridgehead atoms. The lowest BCUT2D eigenvalue weighted by molar-refractivity contribution is -0.140. The summed E-state index contributed by atoms with van der Waals surface area (Å²) in [5.41, 5.74) is 1.62. The summed E-state index contributed by atoms with van der Waals surface area (Å²) in [5, 5.41) is 2.89. The van der Waals surface area contributed by atoms with Crippen molar-refractivity contribution in [3.63, 3.8) is 0 Å². The monoisotopic (exact) mass is 479 g/mol. The average Bonchev–Trinajstić information content (AvgIpc) is 3.12. The highest BCUT2D eigenvalue weighted by Crippen LogP contribution is 2.23. The number of methoxy groups -OCH3 is 1. The first-order chi connectivity index (χ1) is 16.9. The molecule has 35 heavy (non-hydrogen) atoms. The molecule has 0 spiro atoms. The summed E-state index contributed by atoms with van der Waals surface area (Å²) in [6.45, 7) is 4.69. The molecule has 1 heterocycles. The van der Waals surface area contributed by atoms with Crippen LogP contribution in [0.1, 0.15) is 65.8 Å². The quantitative estimate of drug-likeness (QED) is 0.372. The van der Waals surface area contributed by atoms with Gasteiger partial charge in [0, 0.05) is 26.1 Å². The Morgan fingerprint density at radius 2 is 1.71 bits per heavy atom. The van der Waals surface area contributed by atoms with Gasteiger partial charge in [0.2, 0.25) is 11.8 Å². The zero-order chi connectivity index (χ0) is 25.4. The van der Waals surface area contributed by atoms with Gasteiger partial charge in [-0.3, -0.25) is 24.1 Å². The van der Waals surface area contributed by atoms with Crippen molar-refractivity contribution in [3.8, 4) is 5.75 Å². The lowest BCUT2D eigenvalue weighted by atomic mass is 10.1. The smallest absolute Gasteiger partial charge is 0.261 e. The Morgan fingerprint density at radius 1 is 1.03 bits per heavy atom. The standard InChI is InChI=1S/C27H33N3O5/c1-4-5-15-28-25(32)19(2)30(18-20-10-8-11-21(17-20)35-3)24(31)14-9-16-29-26(33)22-12-6-7-13-23(22)27(29)34/h6-8,10-13,17,19H,4-5,9,14-16,18H2,1-3H3,(H,28,32)/t19-/m0/s1. The van der Waals surface area contributed by atoms with Crippen LogP contribution in [0.2, 0.25) is 0 Å². The van der Waals surface area contributed by atoms with Gasteiger partial charge < -0.3 is 15.0 Å². The second kappa shape index (κ2) is 12.1. The van der Waals surface area contributed by atoms with E-state index < -0.39 is 6.04 Å². The van der Waals surface area contributed by atoms with E-state index in [0.717, 1.165) is 18.4 Å². The first kappa shape index (κ1) is 25.9. The van der Waals surface area contributed by atoms with Crippen LogP contribution < -0.4 is 10.1 Å². The molecule has 8 nitrogen and oxygen atoms in total. The highest BCUT2D eigenvalue weighted by Gasteiger charge is 2.35. The number of ether oxygens (including phenoxy) is 1. The van der Waals surface area contributed by atoms with Crippen molar-refractivity contribution in [2.75, 3.05) is 20.2 Å². The number of rotatable bonds is 12. The molecule has 2 aromatic rings. The minimum Gasteiger partial charge on any atom is -0.497 e. The summed E-state index contributed by atoms with van der Waals surface area (Å²) in [5.74, 6) is -0.442. The summed E-state index contributed by atoms with van der Waals surface area (Å²) < 4.78 is 5.29. The van der Waals surface area contributed by atoms with Crippen molar-refractivity contribution in [2.24, 2.45) is 0 Å². The van der Waals surface area contributed by atoms with Crippen molar-refractivity contribution < 1.29 is 23.9 Å². The molecule has 0 saturated carbocycles. The van der Waals surface area contributed by atoms with Gasteiger partial charge in [0.15, 0.2) is 0 Å². The number of carbonyl (C=O) groups excluding carboxylic acids is 4. The highest BCUT2D eigenvalue weighted by molar-refractivity contribution is 6.21. The van der Waals surface area contributed by atoms with Crippen LogP contribution in [-0.4, -0.2) is 59.7 Å². The van der Waals surface area contributed by atoms with E-state index >= 15 is 0 Å². The van der Waals surface area contributed by atoms with E-state index in [9.17, 15) is 19.2 Å². The third kappa shape index (κ3) is 6.26. The predicted molar refractivity (Wildman–Crippen MR) is 132 cm³/mol. The van der Waals surface area contributed by atoms with Crippen molar-refractivity contribution in [1.29, 1.82) is 0 Å². The summed E-state index contributed by atoms with van der Waals surface area (Å²) in [7, 11) is 1.57. The molecule has 0 radical (unpaired) electrons. The van der Waals surface area contributed by atoms with Gasteiger partial charge in [0.25, 0.3) is 11.8 Å². The van der Waals surface area contributed by atoms with E-state index in [1.807, 2.05) is 31.2 Å². The lowest BCUT2D eigenvalue weighted by Crippen LogP contribution is -2.48. The number of nitrogens with one attached hydrogen (secondary N) is 1. The molecular formula is C27H33N3O5. The molecule has 0 fully saturated rings. The van der Waals surface area contributed by atoms with Crippen LogP contribution in [-0.2, 0) is 16.1 Å². The third-order valence-corrected chi connectivity index (χ3v) is 6.13. The number of unbranched alkanes of at least 4 members (excludes halogenated alkanes) is 1. The van der Waals surface area contributed by atoms with Crippen LogP contribution >= 0.6 is 0 Å². The molecule has 8 heteroatoms. The Bertz CT molecular complexity index is 1050. The highest BCUT2D eigenvalue weighted by atomic mass is 16.5. The number of nitrogens with zero attached hydrogens (tertiary/aromatic N) is 2. The molecule has 0 aliphatic carbocycles. The maximum Gasteiger partial charge on any atom is 0.261 e. The van der Waals surface area contributed by atoms with E-state index in [4.69, 9.17) is 4.74 Å². The summed E-state index contributed by atoms with van der Waals surface area (Å²) in [4.78, 5) is 53.9. The molecule has 1 aliphatic heterocycles. The number of fused-ring (bicyclic) bond motifs is 1. The van der Waals surface area contributed by atoms with E-state index in [-0.39, 0.29) is 43.1 Å². The zero-order valence-electron chi connectivity index (χ0n) is 20.6. The van der Waals surface area contributed by atoms with Gasteiger partial charge in [0.1, 0.15) is 11.8 Å². The topological polar surface area (TPSA) is 96.0 Å². The fourth-order valence-corrected chi connectivity index (χ4v) is 4.06. The molecule has 0 saturated heterocycles. The maximum absolute atomic E-state index is 13.3. The predicted octanol–water partition coefficient (Wildman–Crippen LogP) is 3.41. The Balaban J connectivity index is 1.67. The Labute approximate surface area is 206 Å². The van der Waals surface area contributed by atoms with Crippen LogP contribution in [0, 0.1) is 0 Å². The third-order valence-electron chi connectivity index (χ3n) is 6.13. The number of amides is 4. The molecule has 1 aliphatic rings. The van der Waals surface area contributed by atoms with E-state index in [1.54, 1.807) is 43.2 Å². The van der Waals surface area contributed by atoms with Crippen LogP contribution in [0.4, 0.5) is 0 Å². The van der Waals surface area contributed by atoms with Crippen LogP contribution in [0.5, 0.6) is 5.75 Å².